The lowest BCUT2D eigenvalue weighted by Crippen LogP contribution is -2.30. The lowest BCUT2D eigenvalue weighted by molar-refractivity contribution is 0.109. The lowest BCUT2D eigenvalue weighted by Gasteiger charge is -2.10. The molecule has 0 aromatic heterocycles. The Balaban J connectivity index is 1.73. The van der Waals surface area contributed by atoms with E-state index >= 15 is 0 Å². The van der Waals surface area contributed by atoms with Gasteiger partial charge in [-0.2, -0.15) is 0 Å². The first-order chi connectivity index (χ1) is 9.57. The molecule has 1 aliphatic rings. The Morgan fingerprint density at radius 3 is 2.85 bits per heavy atom. The van der Waals surface area contributed by atoms with Gasteiger partial charge in [0.05, 0.1) is 11.9 Å². The van der Waals surface area contributed by atoms with Gasteiger partial charge in [-0.25, -0.2) is 17.5 Å². The quantitative estimate of drug-likeness (QED) is 0.836. The molecule has 20 heavy (non-hydrogen) atoms. The SMILES string of the molecule is O=S(=O)(CC[C@H]1CCCO1)NCCc1ccccc1F. The molecule has 0 unspecified atom stereocenters. The van der Waals surface area contributed by atoms with Gasteiger partial charge in [0.25, 0.3) is 0 Å². The van der Waals surface area contributed by atoms with Crippen LogP contribution in [0.15, 0.2) is 24.3 Å². The summed E-state index contributed by atoms with van der Waals surface area (Å²) in [5, 5.41) is 0. The van der Waals surface area contributed by atoms with Crippen LogP contribution in [0.1, 0.15) is 24.8 Å². The maximum Gasteiger partial charge on any atom is 0.211 e. The molecule has 1 aliphatic heterocycles. The molecule has 1 heterocycles. The molecule has 1 aromatic carbocycles. The smallest absolute Gasteiger partial charge is 0.211 e. The van der Waals surface area contributed by atoms with Crippen molar-refractivity contribution in [2.45, 2.75) is 31.8 Å². The van der Waals surface area contributed by atoms with E-state index < -0.39 is 10.0 Å². The minimum absolute atomic E-state index is 0.0644. The van der Waals surface area contributed by atoms with Gasteiger partial charge in [0.1, 0.15) is 5.82 Å². The normalized spacial score (nSPS) is 19.4. The molecule has 0 saturated carbocycles. The molecule has 1 atom stereocenters. The summed E-state index contributed by atoms with van der Waals surface area (Å²) < 4.78 is 44.9. The molecule has 0 aliphatic carbocycles. The number of halogens is 1. The minimum Gasteiger partial charge on any atom is -0.378 e. The Hall–Kier alpha value is -0.980. The highest BCUT2D eigenvalue weighted by molar-refractivity contribution is 7.89. The van der Waals surface area contributed by atoms with Crippen molar-refractivity contribution in [2.75, 3.05) is 18.9 Å². The van der Waals surface area contributed by atoms with Gasteiger partial charge in [-0.3, -0.25) is 0 Å². The van der Waals surface area contributed by atoms with Crippen molar-refractivity contribution in [1.82, 2.24) is 4.72 Å². The molecule has 2 rings (SSSR count). The maximum absolute atomic E-state index is 13.4. The average molecular weight is 301 g/mol. The predicted octanol–water partition coefficient (Wildman–Crippen LogP) is 1.86. The molecule has 1 saturated heterocycles. The zero-order valence-electron chi connectivity index (χ0n) is 11.3. The van der Waals surface area contributed by atoms with Gasteiger partial charge in [0.2, 0.25) is 10.0 Å². The topological polar surface area (TPSA) is 55.4 Å². The summed E-state index contributed by atoms with van der Waals surface area (Å²) in [6, 6.07) is 6.40. The van der Waals surface area contributed by atoms with Gasteiger partial charge in [-0.1, -0.05) is 18.2 Å². The molecule has 0 radical (unpaired) electrons. The second-order valence-corrected chi connectivity index (χ2v) is 6.90. The molecule has 1 N–H and O–H groups in total. The van der Waals surface area contributed by atoms with E-state index in [-0.39, 0.29) is 24.2 Å². The van der Waals surface area contributed by atoms with E-state index in [1.54, 1.807) is 18.2 Å². The molecule has 0 spiro atoms. The molecular weight excluding hydrogens is 281 g/mol. The van der Waals surface area contributed by atoms with Crippen molar-refractivity contribution in [2.24, 2.45) is 0 Å². The van der Waals surface area contributed by atoms with Crippen LogP contribution < -0.4 is 4.72 Å². The zero-order valence-corrected chi connectivity index (χ0v) is 12.2. The lowest BCUT2D eigenvalue weighted by atomic mass is 10.1. The van der Waals surface area contributed by atoms with E-state index in [0.29, 0.717) is 18.4 Å². The monoisotopic (exact) mass is 301 g/mol. The third-order valence-corrected chi connectivity index (χ3v) is 4.82. The van der Waals surface area contributed by atoms with Crippen LogP contribution in [0.3, 0.4) is 0 Å². The van der Waals surface area contributed by atoms with Gasteiger partial charge in [-0.15, -0.1) is 0 Å². The average Bonchev–Trinajstić information content (AvgIpc) is 2.92. The summed E-state index contributed by atoms with van der Waals surface area (Å²) in [6.07, 6.45) is 2.88. The first-order valence-corrected chi connectivity index (χ1v) is 8.54. The summed E-state index contributed by atoms with van der Waals surface area (Å²) in [7, 11) is -3.30. The van der Waals surface area contributed by atoms with Gasteiger partial charge in [0, 0.05) is 13.2 Å². The standard InChI is InChI=1S/C14H20FNO3S/c15-14-6-2-1-4-12(14)7-9-16-20(17,18)11-8-13-5-3-10-19-13/h1-2,4,6,13,16H,3,5,7-11H2/t13-/m1/s1. The highest BCUT2D eigenvalue weighted by atomic mass is 32.2. The van der Waals surface area contributed by atoms with E-state index in [1.807, 2.05) is 0 Å². The Kier molecular flexibility index (Phi) is 5.51. The van der Waals surface area contributed by atoms with Gasteiger partial charge >= 0.3 is 0 Å². The molecule has 1 fully saturated rings. The van der Waals surface area contributed by atoms with Crippen molar-refractivity contribution >= 4 is 10.0 Å². The number of benzene rings is 1. The largest absolute Gasteiger partial charge is 0.378 e. The van der Waals surface area contributed by atoms with E-state index in [1.165, 1.54) is 6.07 Å². The van der Waals surface area contributed by atoms with Crippen LogP contribution in [0.25, 0.3) is 0 Å². The number of nitrogens with one attached hydrogen (secondary N) is 1. The minimum atomic E-state index is -3.30. The Bertz CT molecular complexity index is 527. The maximum atomic E-state index is 13.4. The van der Waals surface area contributed by atoms with Crippen LogP contribution in [0.2, 0.25) is 0 Å². The van der Waals surface area contributed by atoms with Crippen LogP contribution in [-0.4, -0.2) is 33.4 Å². The number of sulfonamides is 1. The van der Waals surface area contributed by atoms with Crippen LogP contribution in [-0.2, 0) is 21.2 Å². The molecule has 6 heteroatoms. The van der Waals surface area contributed by atoms with Crippen LogP contribution in [0.5, 0.6) is 0 Å². The van der Waals surface area contributed by atoms with E-state index in [0.717, 1.165) is 19.4 Å². The number of hydrogen-bond donors (Lipinski definition) is 1. The molecule has 0 amide bonds. The fourth-order valence-corrected chi connectivity index (χ4v) is 3.40. The molecule has 1 aromatic rings. The van der Waals surface area contributed by atoms with Crippen molar-refractivity contribution < 1.29 is 17.5 Å². The third kappa shape index (κ3) is 4.85. The highest BCUT2D eigenvalue weighted by Crippen LogP contribution is 2.15. The van der Waals surface area contributed by atoms with Crippen LogP contribution in [0, 0.1) is 5.82 Å². The van der Waals surface area contributed by atoms with E-state index in [9.17, 15) is 12.8 Å². The predicted molar refractivity (Wildman–Crippen MR) is 75.5 cm³/mol. The van der Waals surface area contributed by atoms with E-state index in [2.05, 4.69) is 4.72 Å². The summed E-state index contributed by atoms with van der Waals surface area (Å²) in [4.78, 5) is 0. The van der Waals surface area contributed by atoms with Crippen molar-refractivity contribution in [3.8, 4) is 0 Å². The molecule has 4 nitrogen and oxygen atoms in total. The first-order valence-electron chi connectivity index (χ1n) is 6.89. The Morgan fingerprint density at radius 2 is 2.15 bits per heavy atom. The molecular formula is C14H20FNO3S. The van der Waals surface area contributed by atoms with Crippen molar-refractivity contribution in [1.29, 1.82) is 0 Å². The fourth-order valence-electron chi connectivity index (χ4n) is 2.27. The van der Waals surface area contributed by atoms with Crippen LogP contribution >= 0.6 is 0 Å². The third-order valence-electron chi connectivity index (χ3n) is 3.41. The van der Waals surface area contributed by atoms with Crippen molar-refractivity contribution in [3.05, 3.63) is 35.6 Å². The second-order valence-electron chi connectivity index (χ2n) is 4.98. The molecule has 0 bridgehead atoms. The summed E-state index contributed by atoms with van der Waals surface area (Å²) in [5.41, 5.74) is 0.523. The van der Waals surface area contributed by atoms with Gasteiger partial charge in [-0.05, 0) is 37.3 Å². The van der Waals surface area contributed by atoms with Gasteiger partial charge < -0.3 is 4.74 Å². The zero-order chi connectivity index (χ0) is 14.4. The number of hydrogen-bond acceptors (Lipinski definition) is 3. The van der Waals surface area contributed by atoms with Gasteiger partial charge in [0.15, 0.2) is 0 Å². The Labute approximate surface area is 119 Å². The Morgan fingerprint density at radius 1 is 1.35 bits per heavy atom. The summed E-state index contributed by atoms with van der Waals surface area (Å²) >= 11 is 0. The summed E-state index contributed by atoms with van der Waals surface area (Å²) in [6.45, 7) is 0.945. The highest BCUT2D eigenvalue weighted by Gasteiger charge is 2.19. The van der Waals surface area contributed by atoms with Crippen molar-refractivity contribution in [3.63, 3.8) is 0 Å². The second kappa shape index (κ2) is 7.15. The molecule has 112 valence electrons. The number of ether oxygens (including phenoxy) is 1. The van der Waals surface area contributed by atoms with E-state index in [4.69, 9.17) is 4.74 Å². The first kappa shape index (κ1) is 15.4. The summed E-state index contributed by atoms with van der Waals surface area (Å²) in [5.74, 6) is -0.236. The number of rotatable bonds is 7. The fraction of sp³-hybridized carbons (Fsp3) is 0.571. The van der Waals surface area contributed by atoms with Crippen LogP contribution in [0.4, 0.5) is 4.39 Å².